The first-order valence-electron chi connectivity index (χ1n) is 8.72. The minimum Gasteiger partial charge on any atom is -0.340 e. The molecular formula is C18H23N5O. The minimum absolute atomic E-state index is 0.131. The zero-order chi connectivity index (χ0) is 16.7. The van der Waals surface area contributed by atoms with Crippen molar-refractivity contribution in [1.29, 1.82) is 0 Å². The van der Waals surface area contributed by atoms with E-state index in [0.29, 0.717) is 11.8 Å². The molecule has 3 atom stereocenters. The number of carbonyl (C=O) groups is 1. The maximum atomic E-state index is 12.9. The molecule has 1 amide bonds. The van der Waals surface area contributed by atoms with Crippen LogP contribution in [0.3, 0.4) is 0 Å². The van der Waals surface area contributed by atoms with Crippen molar-refractivity contribution in [2.45, 2.75) is 45.1 Å². The lowest BCUT2D eigenvalue weighted by atomic mass is 10.0. The Morgan fingerprint density at radius 1 is 1.33 bits per heavy atom. The van der Waals surface area contributed by atoms with Crippen molar-refractivity contribution in [1.82, 2.24) is 24.6 Å². The Bertz CT molecular complexity index is 741. The fourth-order valence-corrected chi connectivity index (χ4v) is 3.90. The van der Waals surface area contributed by atoms with Crippen molar-refractivity contribution < 1.29 is 4.79 Å². The van der Waals surface area contributed by atoms with E-state index in [9.17, 15) is 4.79 Å². The maximum absolute atomic E-state index is 12.9. The van der Waals surface area contributed by atoms with E-state index in [1.54, 1.807) is 6.20 Å². The summed E-state index contributed by atoms with van der Waals surface area (Å²) in [5, 5.41) is 4.51. The number of carbonyl (C=O) groups excluding carboxylic acids is 1. The SMILES string of the molecule is Cc1nc(C)n(C2CCCN(C(=O)C3CC3c3cccnc3)C2)n1. The van der Waals surface area contributed by atoms with Gasteiger partial charge in [-0.05, 0) is 50.7 Å². The van der Waals surface area contributed by atoms with Crippen LogP contribution < -0.4 is 0 Å². The molecule has 0 N–H and O–H groups in total. The van der Waals surface area contributed by atoms with Crippen molar-refractivity contribution in [2.75, 3.05) is 13.1 Å². The average Bonchev–Trinajstić information content (AvgIpc) is 3.33. The summed E-state index contributed by atoms with van der Waals surface area (Å²) in [5.74, 6) is 2.51. The van der Waals surface area contributed by atoms with Gasteiger partial charge in [0.05, 0.1) is 6.04 Å². The Hall–Kier alpha value is -2.24. The average molecular weight is 325 g/mol. The second-order valence-corrected chi connectivity index (χ2v) is 6.97. The van der Waals surface area contributed by atoms with Gasteiger partial charge in [-0.15, -0.1) is 0 Å². The lowest BCUT2D eigenvalue weighted by Gasteiger charge is -2.33. The molecule has 0 bridgehead atoms. The summed E-state index contributed by atoms with van der Waals surface area (Å²) in [6.07, 6.45) is 6.70. The van der Waals surface area contributed by atoms with Crippen LogP contribution in [0.1, 0.15) is 48.4 Å². The molecular weight excluding hydrogens is 302 g/mol. The molecule has 2 aromatic heterocycles. The van der Waals surface area contributed by atoms with Crippen molar-refractivity contribution in [2.24, 2.45) is 5.92 Å². The molecule has 0 aromatic carbocycles. The van der Waals surface area contributed by atoms with Crippen LogP contribution in [-0.4, -0.2) is 43.6 Å². The molecule has 2 aliphatic rings. The molecule has 1 saturated heterocycles. The van der Waals surface area contributed by atoms with Crippen LogP contribution in [0.2, 0.25) is 0 Å². The second kappa shape index (κ2) is 6.00. The fraction of sp³-hybridized carbons (Fsp3) is 0.556. The number of rotatable bonds is 3. The molecule has 0 radical (unpaired) electrons. The summed E-state index contributed by atoms with van der Waals surface area (Å²) in [5.41, 5.74) is 1.19. The topological polar surface area (TPSA) is 63.9 Å². The number of likely N-dealkylation sites (tertiary alicyclic amines) is 1. The molecule has 1 aliphatic heterocycles. The minimum atomic E-state index is 0.131. The summed E-state index contributed by atoms with van der Waals surface area (Å²) >= 11 is 0. The third-order valence-electron chi connectivity index (χ3n) is 5.18. The molecule has 6 nitrogen and oxygen atoms in total. The number of nitrogens with zero attached hydrogens (tertiary/aromatic N) is 5. The molecule has 126 valence electrons. The summed E-state index contributed by atoms with van der Waals surface area (Å²) in [7, 11) is 0. The Kier molecular flexibility index (Phi) is 3.82. The molecule has 3 unspecified atom stereocenters. The van der Waals surface area contributed by atoms with E-state index in [2.05, 4.69) is 21.1 Å². The Balaban J connectivity index is 1.43. The van der Waals surface area contributed by atoms with Crippen LogP contribution in [0.4, 0.5) is 0 Å². The molecule has 2 aromatic rings. The van der Waals surface area contributed by atoms with Crippen LogP contribution in [0.25, 0.3) is 0 Å². The molecule has 1 aliphatic carbocycles. The number of piperidine rings is 1. The van der Waals surface area contributed by atoms with Gasteiger partial charge < -0.3 is 4.90 Å². The highest BCUT2D eigenvalue weighted by Gasteiger charge is 2.46. The first kappa shape index (κ1) is 15.3. The van der Waals surface area contributed by atoms with Gasteiger partial charge in [0.15, 0.2) is 0 Å². The zero-order valence-electron chi connectivity index (χ0n) is 14.2. The van der Waals surface area contributed by atoms with Gasteiger partial charge in [0, 0.05) is 31.4 Å². The lowest BCUT2D eigenvalue weighted by molar-refractivity contribution is -0.134. The van der Waals surface area contributed by atoms with Crippen LogP contribution in [0.15, 0.2) is 24.5 Å². The molecule has 2 fully saturated rings. The molecule has 6 heteroatoms. The van der Waals surface area contributed by atoms with Gasteiger partial charge in [0.25, 0.3) is 0 Å². The molecule has 1 saturated carbocycles. The summed E-state index contributed by atoms with van der Waals surface area (Å²) < 4.78 is 2.00. The first-order chi connectivity index (χ1) is 11.6. The number of aryl methyl sites for hydroxylation is 2. The molecule has 4 rings (SSSR count). The van der Waals surface area contributed by atoms with Crippen molar-refractivity contribution >= 4 is 5.91 Å². The summed E-state index contributed by atoms with van der Waals surface area (Å²) in [6.45, 7) is 5.51. The smallest absolute Gasteiger partial charge is 0.226 e. The number of hydrogen-bond acceptors (Lipinski definition) is 4. The Morgan fingerprint density at radius 3 is 2.92 bits per heavy atom. The van der Waals surface area contributed by atoms with Crippen molar-refractivity contribution in [3.05, 3.63) is 41.7 Å². The van der Waals surface area contributed by atoms with E-state index < -0.39 is 0 Å². The van der Waals surface area contributed by atoms with Crippen LogP contribution in [-0.2, 0) is 4.79 Å². The number of aromatic nitrogens is 4. The van der Waals surface area contributed by atoms with E-state index in [-0.39, 0.29) is 12.0 Å². The lowest BCUT2D eigenvalue weighted by Crippen LogP contribution is -2.42. The van der Waals surface area contributed by atoms with Crippen molar-refractivity contribution in [3.8, 4) is 0 Å². The van der Waals surface area contributed by atoms with Gasteiger partial charge in [-0.1, -0.05) is 6.07 Å². The van der Waals surface area contributed by atoms with Gasteiger partial charge in [-0.3, -0.25) is 9.78 Å². The van der Waals surface area contributed by atoms with E-state index in [1.165, 1.54) is 5.56 Å². The van der Waals surface area contributed by atoms with Crippen LogP contribution in [0.5, 0.6) is 0 Å². The van der Waals surface area contributed by atoms with E-state index in [0.717, 1.165) is 44.0 Å². The highest BCUT2D eigenvalue weighted by Crippen LogP contribution is 2.48. The number of amides is 1. The van der Waals surface area contributed by atoms with E-state index >= 15 is 0 Å². The predicted molar refractivity (Wildman–Crippen MR) is 89.4 cm³/mol. The third-order valence-corrected chi connectivity index (χ3v) is 5.18. The van der Waals surface area contributed by atoms with Gasteiger partial charge in [0.2, 0.25) is 5.91 Å². The monoisotopic (exact) mass is 325 g/mol. The quantitative estimate of drug-likeness (QED) is 0.868. The maximum Gasteiger partial charge on any atom is 0.226 e. The number of hydrogen-bond donors (Lipinski definition) is 0. The zero-order valence-corrected chi connectivity index (χ0v) is 14.2. The number of pyridine rings is 1. The Morgan fingerprint density at radius 2 is 2.21 bits per heavy atom. The van der Waals surface area contributed by atoms with Gasteiger partial charge >= 0.3 is 0 Å². The Labute approximate surface area is 141 Å². The molecule has 3 heterocycles. The van der Waals surface area contributed by atoms with E-state index in [1.807, 2.05) is 35.7 Å². The van der Waals surface area contributed by atoms with Gasteiger partial charge in [-0.2, -0.15) is 5.10 Å². The normalized spacial score (nSPS) is 26.4. The van der Waals surface area contributed by atoms with Crippen LogP contribution >= 0.6 is 0 Å². The molecule has 24 heavy (non-hydrogen) atoms. The highest BCUT2D eigenvalue weighted by atomic mass is 16.2. The largest absolute Gasteiger partial charge is 0.340 e. The first-order valence-corrected chi connectivity index (χ1v) is 8.72. The standard InChI is InChI=1S/C18H23N5O/c1-12-20-13(2)23(21-12)15-6-4-8-22(11-15)18(24)17-9-16(17)14-5-3-7-19-10-14/h3,5,7,10,15-17H,4,6,8-9,11H2,1-2H3. The van der Waals surface area contributed by atoms with E-state index in [4.69, 9.17) is 0 Å². The second-order valence-electron chi connectivity index (χ2n) is 6.97. The van der Waals surface area contributed by atoms with Gasteiger partial charge in [0.1, 0.15) is 11.6 Å². The summed E-state index contributed by atoms with van der Waals surface area (Å²) in [4.78, 5) is 23.5. The fourth-order valence-electron chi connectivity index (χ4n) is 3.90. The van der Waals surface area contributed by atoms with Crippen LogP contribution in [0, 0.1) is 19.8 Å². The molecule has 0 spiro atoms. The predicted octanol–water partition coefficient (Wildman–Crippen LogP) is 2.26. The van der Waals surface area contributed by atoms with Gasteiger partial charge in [-0.25, -0.2) is 9.67 Å². The highest BCUT2D eigenvalue weighted by molar-refractivity contribution is 5.83. The van der Waals surface area contributed by atoms with Crippen molar-refractivity contribution in [3.63, 3.8) is 0 Å². The third kappa shape index (κ3) is 2.81. The summed E-state index contributed by atoms with van der Waals surface area (Å²) in [6, 6.07) is 4.27.